The van der Waals surface area contributed by atoms with Crippen LogP contribution < -0.4 is 0 Å². The third-order valence-electron chi connectivity index (χ3n) is 5.19. The topological polar surface area (TPSA) is 89.8 Å². The fourth-order valence-electron chi connectivity index (χ4n) is 3.82. The number of nitro groups is 1. The van der Waals surface area contributed by atoms with E-state index in [1.165, 1.54) is 31.7 Å². The lowest BCUT2D eigenvalue weighted by molar-refractivity contribution is -0.384. The summed E-state index contributed by atoms with van der Waals surface area (Å²) >= 11 is 7.77. The third-order valence-corrected chi connectivity index (χ3v) is 6.96. The summed E-state index contributed by atoms with van der Waals surface area (Å²) in [7, 11) is 1.31. The normalized spacial score (nSPS) is 23.3. The van der Waals surface area contributed by atoms with Crippen LogP contribution in [0.25, 0.3) is 0 Å². The van der Waals surface area contributed by atoms with Crippen LogP contribution in [0.3, 0.4) is 0 Å². The number of carbonyl (C=O) groups is 2. The number of carbonyl (C=O) groups excluding carboxylic acids is 2. The Morgan fingerprint density at radius 1 is 1.30 bits per heavy atom. The Morgan fingerprint density at radius 2 is 2.00 bits per heavy atom. The lowest BCUT2D eigenvalue weighted by Crippen LogP contribution is -2.48. The first-order valence-electron chi connectivity index (χ1n) is 8.90. The van der Waals surface area contributed by atoms with Gasteiger partial charge >= 0.3 is 5.97 Å². The molecule has 2 unspecified atom stereocenters. The molecule has 1 heterocycles. The van der Waals surface area contributed by atoms with Crippen molar-refractivity contribution in [3.8, 4) is 0 Å². The zero-order valence-corrected chi connectivity index (χ0v) is 16.5. The summed E-state index contributed by atoms with van der Waals surface area (Å²) in [6.07, 6.45) is 5.46. The van der Waals surface area contributed by atoms with Crippen molar-refractivity contribution in [3.63, 3.8) is 0 Å². The molecule has 0 N–H and O–H groups in total. The summed E-state index contributed by atoms with van der Waals surface area (Å²) in [5, 5.41) is 10.8. The fourth-order valence-corrected chi connectivity index (χ4v) is 5.69. The van der Waals surface area contributed by atoms with Crippen LogP contribution in [0.5, 0.6) is 0 Å². The average molecular weight is 413 g/mol. The molecule has 146 valence electrons. The van der Waals surface area contributed by atoms with Crippen molar-refractivity contribution in [2.24, 2.45) is 5.92 Å². The molecule has 9 heteroatoms. The van der Waals surface area contributed by atoms with E-state index in [1.807, 2.05) is 0 Å². The molecule has 3 rings (SSSR count). The SMILES string of the molecule is COC(=O)C1CSC(C2CCCCC2)N1C(=O)c1ccc([N+](=O)[O-])cc1Cl. The Labute approximate surface area is 166 Å². The van der Waals surface area contributed by atoms with Gasteiger partial charge in [-0.05, 0) is 24.8 Å². The number of hydrogen-bond donors (Lipinski definition) is 0. The quantitative estimate of drug-likeness (QED) is 0.423. The van der Waals surface area contributed by atoms with Crippen LogP contribution >= 0.6 is 23.4 Å². The number of nitrogens with zero attached hydrogens (tertiary/aromatic N) is 2. The number of ether oxygens (including phenoxy) is 1. The van der Waals surface area contributed by atoms with Crippen LogP contribution in [0.4, 0.5) is 5.69 Å². The highest BCUT2D eigenvalue weighted by atomic mass is 35.5. The molecule has 1 aliphatic heterocycles. The smallest absolute Gasteiger partial charge is 0.329 e. The van der Waals surface area contributed by atoms with E-state index in [4.69, 9.17) is 16.3 Å². The summed E-state index contributed by atoms with van der Waals surface area (Å²) in [6, 6.07) is 3.11. The molecule has 27 heavy (non-hydrogen) atoms. The van der Waals surface area contributed by atoms with Crippen LogP contribution in [0.15, 0.2) is 18.2 Å². The highest BCUT2D eigenvalue weighted by molar-refractivity contribution is 8.00. The summed E-state index contributed by atoms with van der Waals surface area (Å²) < 4.78 is 4.90. The average Bonchev–Trinajstić information content (AvgIpc) is 3.12. The van der Waals surface area contributed by atoms with E-state index in [0.29, 0.717) is 11.7 Å². The Balaban J connectivity index is 1.93. The van der Waals surface area contributed by atoms with E-state index in [9.17, 15) is 19.7 Å². The summed E-state index contributed by atoms with van der Waals surface area (Å²) in [5.41, 5.74) is -0.0137. The molecule has 1 saturated heterocycles. The summed E-state index contributed by atoms with van der Waals surface area (Å²) in [6.45, 7) is 0. The molecule has 2 atom stereocenters. The highest BCUT2D eigenvalue weighted by Gasteiger charge is 2.46. The number of rotatable bonds is 4. The molecule has 2 aliphatic rings. The zero-order chi connectivity index (χ0) is 19.6. The standard InChI is InChI=1S/C18H21ClN2O5S/c1-26-18(23)15-10-27-17(11-5-3-2-4-6-11)20(15)16(22)13-8-7-12(21(24)25)9-14(13)19/h7-9,11,15,17H,2-6,10H2,1H3. The van der Waals surface area contributed by atoms with E-state index in [-0.39, 0.29) is 27.6 Å². The first kappa shape index (κ1) is 19.9. The zero-order valence-electron chi connectivity index (χ0n) is 14.9. The number of methoxy groups -OCH3 is 1. The van der Waals surface area contributed by atoms with Crippen LogP contribution in [0.1, 0.15) is 42.5 Å². The maximum absolute atomic E-state index is 13.3. The van der Waals surface area contributed by atoms with E-state index < -0.39 is 16.9 Å². The summed E-state index contributed by atoms with van der Waals surface area (Å²) in [5.74, 6) is -0.0401. The monoisotopic (exact) mass is 412 g/mol. The van der Waals surface area contributed by atoms with Gasteiger partial charge in [-0.3, -0.25) is 14.9 Å². The van der Waals surface area contributed by atoms with E-state index >= 15 is 0 Å². The number of amides is 1. The van der Waals surface area contributed by atoms with Gasteiger partial charge in [-0.15, -0.1) is 11.8 Å². The van der Waals surface area contributed by atoms with Crippen LogP contribution in [-0.4, -0.2) is 46.0 Å². The van der Waals surface area contributed by atoms with Crippen molar-refractivity contribution < 1.29 is 19.2 Å². The molecule has 2 fully saturated rings. The lowest BCUT2D eigenvalue weighted by atomic mass is 9.88. The van der Waals surface area contributed by atoms with Crippen molar-refractivity contribution >= 4 is 40.9 Å². The van der Waals surface area contributed by atoms with Gasteiger partial charge in [0.25, 0.3) is 11.6 Å². The van der Waals surface area contributed by atoms with Gasteiger partial charge in [-0.2, -0.15) is 0 Å². The first-order chi connectivity index (χ1) is 12.9. The second-order valence-electron chi connectivity index (χ2n) is 6.79. The fraction of sp³-hybridized carbons (Fsp3) is 0.556. The van der Waals surface area contributed by atoms with Gasteiger partial charge < -0.3 is 9.64 Å². The van der Waals surface area contributed by atoms with Crippen LogP contribution in [0, 0.1) is 16.0 Å². The molecule has 1 saturated carbocycles. The van der Waals surface area contributed by atoms with Gasteiger partial charge in [-0.1, -0.05) is 30.9 Å². The van der Waals surface area contributed by atoms with Crippen molar-refractivity contribution in [1.29, 1.82) is 0 Å². The Kier molecular flexibility index (Phi) is 6.26. The molecule has 0 spiro atoms. The predicted molar refractivity (Wildman–Crippen MR) is 103 cm³/mol. The molecule has 7 nitrogen and oxygen atoms in total. The minimum Gasteiger partial charge on any atom is -0.467 e. The molecule has 0 radical (unpaired) electrons. The van der Waals surface area contributed by atoms with Gasteiger partial charge in [0.05, 0.1) is 28.0 Å². The van der Waals surface area contributed by atoms with Crippen molar-refractivity contribution in [2.75, 3.05) is 12.9 Å². The van der Waals surface area contributed by atoms with Gasteiger partial charge in [0.1, 0.15) is 6.04 Å². The lowest BCUT2D eigenvalue weighted by Gasteiger charge is -2.35. The second-order valence-corrected chi connectivity index (χ2v) is 8.35. The van der Waals surface area contributed by atoms with Crippen LogP contribution in [-0.2, 0) is 9.53 Å². The molecular formula is C18H21ClN2O5S. The Morgan fingerprint density at radius 3 is 2.59 bits per heavy atom. The van der Waals surface area contributed by atoms with Gasteiger partial charge in [0.2, 0.25) is 0 Å². The molecule has 1 aliphatic carbocycles. The number of benzene rings is 1. The first-order valence-corrected chi connectivity index (χ1v) is 10.3. The maximum Gasteiger partial charge on any atom is 0.329 e. The van der Waals surface area contributed by atoms with E-state index in [1.54, 1.807) is 16.7 Å². The maximum atomic E-state index is 13.3. The molecule has 1 aromatic rings. The Bertz CT molecular complexity index is 753. The molecule has 1 aromatic carbocycles. The largest absolute Gasteiger partial charge is 0.467 e. The van der Waals surface area contributed by atoms with Crippen molar-refractivity contribution in [2.45, 2.75) is 43.5 Å². The number of hydrogen-bond acceptors (Lipinski definition) is 6. The number of non-ortho nitro benzene ring substituents is 1. The van der Waals surface area contributed by atoms with Gasteiger partial charge in [-0.25, -0.2) is 4.79 Å². The number of esters is 1. The van der Waals surface area contributed by atoms with Gasteiger partial charge in [0.15, 0.2) is 0 Å². The number of nitro benzene ring substituents is 1. The van der Waals surface area contributed by atoms with Crippen molar-refractivity contribution in [3.05, 3.63) is 38.9 Å². The minimum absolute atomic E-state index is 0.0112. The molecule has 0 bridgehead atoms. The predicted octanol–water partition coefficient (Wildman–Crippen LogP) is 3.89. The van der Waals surface area contributed by atoms with Crippen molar-refractivity contribution in [1.82, 2.24) is 4.90 Å². The Hall–Kier alpha value is -1.80. The number of thioether (sulfide) groups is 1. The van der Waals surface area contributed by atoms with Crippen LogP contribution in [0.2, 0.25) is 5.02 Å². The molecule has 1 amide bonds. The minimum atomic E-state index is -0.675. The van der Waals surface area contributed by atoms with E-state index in [2.05, 4.69) is 0 Å². The third kappa shape index (κ3) is 4.06. The highest BCUT2D eigenvalue weighted by Crippen LogP contribution is 2.42. The summed E-state index contributed by atoms with van der Waals surface area (Å²) in [4.78, 5) is 37.5. The number of halogens is 1. The molecular weight excluding hydrogens is 392 g/mol. The second kappa shape index (κ2) is 8.48. The molecule has 0 aromatic heterocycles. The van der Waals surface area contributed by atoms with Gasteiger partial charge in [0, 0.05) is 17.9 Å². The van der Waals surface area contributed by atoms with E-state index in [0.717, 1.165) is 25.7 Å².